The fourth-order valence-electron chi connectivity index (χ4n) is 3.72. The monoisotopic (exact) mass is 811 g/mol. The van der Waals surface area contributed by atoms with Gasteiger partial charge in [0.15, 0.2) is 0 Å². The van der Waals surface area contributed by atoms with Crippen LogP contribution in [0.25, 0.3) is 11.1 Å². The maximum absolute atomic E-state index is 15.0. The van der Waals surface area contributed by atoms with Gasteiger partial charge < -0.3 is 11.1 Å². The summed E-state index contributed by atoms with van der Waals surface area (Å²) in [4.78, 5) is 24.9. The molecule has 2 amide bonds. The molecule has 0 radical (unpaired) electrons. The Morgan fingerprint density at radius 2 is 1.37 bits per heavy atom. The molecule has 216 valence electrons. The number of halogens is 11. The molecule has 5 nitrogen and oxygen atoms in total. The maximum Gasteiger partial charge on any atom is 0.457 e. The van der Waals surface area contributed by atoms with Gasteiger partial charge in [-0.1, -0.05) is 18.2 Å². The Morgan fingerprint density at radius 3 is 1.85 bits per heavy atom. The summed E-state index contributed by atoms with van der Waals surface area (Å²) in [6.07, 6.45) is -13.6. The van der Waals surface area contributed by atoms with Crippen LogP contribution in [-0.2, 0) is 5.67 Å². The van der Waals surface area contributed by atoms with E-state index in [-0.39, 0.29) is 45.6 Å². The summed E-state index contributed by atoms with van der Waals surface area (Å²) in [6.45, 7) is 0. The maximum atomic E-state index is 15.0. The van der Waals surface area contributed by atoms with E-state index in [1.807, 2.05) is 6.07 Å². The first-order chi connectivity index (χ1) is 18.8. The summed E-state index contributed by atoms with van der Waals surface area (Å²) < 4.78 is 121. The Bertz CT molecular complexity index is 1560. The van der Waals surface area contributed by atoms with Gasteiger partial charge in [-0.05, 0) is 87.1 Å². The number of carbonyl (C=O) groups is 2. The minimum Gasteiger partial charge on any atom is -0.366 e. The third-order valence-corrected chi connectivity index (χ3v) is 7.45. The molecule has 3 aromatic rings. The number of rotatable bonds is 6. The van der Waals surface area contributed by atoms with E-state index in [9.17, 15) is 54.4 Å². The molecule has 0 aliphatic carbocycles. The molecule has 0 spiro atoms. The lowest BCUT2D eigenvalue weighted by Crippen LogP contribution is -2.59. The van der Waals surface area contributed by atoms with Gasteiger partial charge in [0.05, 0.1) is 17.3 Å². The first-order valence-corrected chi connectivity index (χ1v) is 12.9. The average Bonchev–Trinajstić information content (AvgIpc) is 2.88. The zero-order valence-corrected chi connectivity index (χ0v) is 24.0. The molecule has 1 atom stereocenters. The molecule has 41 heavy (non-hydrogen) atoms. The molecule has 16 heteroatoms. The van der Waals surface area contributed by atoms with Crippen LogP contribution in [0.1, 0.15) is 31.8 Å². The van der Waals surface area contributed by atoms with Crippen LogP contribution in [0.3, 0.4) is 0 Å². The van der Waals surface area contributed by atoms with Gasteiger partial charge in [-0.25, -0.2) is 4.39 Å². The lowest BCUT2D eigenvalue weighted by molar-refractivity contribution is -0.389. The van der Waals surface area contributed by atoms with Crippen LogP contribution in [0.2, 0.25) is 0 Å². The Labute approximate surface area is 252 Å². The highest BCUT2D eigenvalue weighted by atomic mass is 127. The molecule has 3 rings (SSSR count). The Morgan fingerprint density at radius 1 is 0.805 bits per heavy atom. The van der Waals surface area contributed by atoms with Crippen molar-refractivity contribution in [2.45, 2.75) is 23.9 Å². The molecule has 0 saturated carbocycles. The van der Waals surface area contributed by atoms with Gasteiger partial charge in [-0.2, -0.15) is 40.4 Å². The lowest BCUT2D eigenvalue weighted by Gasteiger charge is -2.36. The number of primary amides is 1. The molecule has 0 fully saturated rings. The number of carbonyl (C=O) groups excluding carboxylic acids is 2. The highest BCUT2D eigenvalue weighted by Gasteiger charge is 2.81. The first-order valence-electron chi connectivity index (χ1n) is 10.7. The van der Waals surface area contributed by atoms with Gasteiger partial charge in [0.25, 0.3) is 5.91 Å². The summed E-state index contributed by atoms with van der Waals surface area (Å²) in [5, 5.41) is 11.8. The molecule has 0 aromatic heterocycles. The Hall–Kier alpha value is -3.08. The van der Waals surface area contributed by atoms with E-state index < -0.39 is 48.5 Å². The topological polar surface area (TPSA) is 96.0 Å². The smallest absolute Gasteiger partial charge is 0.366 e. The molecular formula is C25H12F9I2N3O2. The number of nitrogens with one attached hydrogen (secondary N) is 1. The number of anilines is 1. The number of benzene rings is 3. The van der Waals surface area contributed by atoms with Gasteiger partial charge in [0.2, 0.25) is 5.91 Å². The predicted molar refractivity (Wildman–Crippen MR) is 145 cm³/mol. The van der Waals surface area contributed by atoms with Crippen LogP contribution in [0.15, 0.2) is 54.6 Å². The molecule has 0 saturated heterocycles. The number of amides is 2. The second-order valence-electron chi connectivity index (χ2n) is 8.28. The van der Waals surface area contributed by atoms with Crippen molar-refractivity contribution in [1.29, 1.82) is 5.26 Å². The SMILES string of the molecule is N#Cc1ccc(C(N)=O)cc1-c1ccccc1C(=O)Nc1c(I)cc(C(F)(C(F)(F)F)C(F)(F)C(F)(F)F)cc1I. The van der Waals surface area contributed by atoms with E-state index in [2.05, 4.69) is 5.32 Å². The van der Waals surface area contributed by atoms with Crippen molar-refractivity contribution in [2.75, 3.05) is 5.32 Å². The highest BCUT2D eigenvalue weighted by molar-refractivity contribution is 14.1. The third-order valence-electron chi connectivity index (χ3n) is 5.74. The minimum absolute atomic E-state index is 0.00364. The van der Waals surface area contributed by atoms with E-state index in [4.69, 9.17) is 5.73 Å². The number of hydrogen-bond donors (Lipinski definition) is 2. The molecule has 0 bridgehead atoms. The number of alkyl halides is 9. The molecule has 3 N–H and O–H groups in total. The number of hydrogen-bond acceptors (Lipinski definition) is 3. The zero-order valence-electron chi connectivity index (χ0n) is 19.7. The zero-order chi connectivity index (χ0) is 31.1. The quantitative estimate of drug-likeness (QED) is 0.197. The second-order valence-corrected chi connectivity index (χ2v) is 10.6. The fourth-order valence-corrected chi connectivity index (χ4v) is 5.76. The molecule has 0 aliphatic heterocycles. The van der Waals surface area contributed by atoms with Crippen molar-refractivity contribution in [3.63, 3.8) is 0 Å². The first kappa shape index (κ1) is 32.4. The van der Waals surface area contributed by atoms with Crippen molar-refractivity contribution < 1.29 is 49.1 Å². The minimum atomic E-state index is -6.89. The van der Waals surface area contributed by atoms with Crippen LogP contribution in [0.4, 0.5) is 45.2 Å². The highest BCUT2D eigenvalue weighted by Crippen LogP contribution is 2.58. The molecule has 0 aliphatic rings. The van der Waals surface area contributed by atoms with E-state index in [0.717, 1.165) is 0 Å². The van der Waals surface area contributed by atoms with E-state index >= 15 is 0 Å². The van der Waals surface area contributed by atoms with Crippen molar-refractivity contribution in [2.24, 2.45) is 5.73 Å². The molecule has 3 aromatic carbocycles. The largest absolute Gasteiger partial charge is 0.457 e. The van der Waals surface area contributed by atoms with Crippen LogP contribution in [0.5, 0.6) is 0 Å². The van der Waals surface area contributed by atoms with Crippen molar-refractivity contribution >= 4 is 62.7 Å². The number of nitrogens with zero attached hydrogens (tertiary/aromatic N) is 1. The molecule has 0 heterocycles. The fraction of sp³-hybridized carbons (Fsp3) is 0.160. The Kier molecular flexibility index (Phi) is 8.94. The van der Waals surface area contributed by atoms with Crippen LogP contribution >= 0.6 is 45.2 Å². The van der Waals surface area contributed by atoms with Gasteiger partial charge in [-0.15, -0.1) is 0 Å². The normalized spacial score (nSPS) is 13.7. The number of nitrogens with two attached hydrogens (primary N) is 1. The third kappa shape index (κ3) is 5.82. The van der Waals surface area contributed by atoms with Crippen molar-refractivity contribution in [1.82, 2.24) is 0 Å². The summed E-state index contributed by atoms with van der Waals surface area (Å²) in [5.41, 5.74) is -3.03. The molecular weight excluding hydrogens is 799 g/mol. The van der Waals surface area contributed by atoms with Gasteiger partial charge in [0.1, 0.15) is 0 Å². The lowest BCUT2D eigenvalue weighted by atomic mass is 9.87. The van der Waals surface area contributed by atoms with Gasteiger partial charge in [-0.3, -0.25) is 9.59 Å². The Balaban J connectivity index is 2.12. The standard InChI is InChI=1S/C25H12F9I2N3O2/c26-22(24(29,30)31,23(27,28)25(32,33)34)13-8-17(35)19(18(36)9-13)39-21(41)15-4-2-1-3-14(15)16-7-11(20(38)40)5-6-12(16)10-37/h1-9H,(H2,38,40)(H,39,41). The van der Waals surface area contributed by atoms with Crippen molar-refractivity contribution in [3.05, 3.63) is 84.0 Å². The predicted octanol–water partition coefficient (Wildman–Crippen LogP) is 7.71. The van der Waals surface area contributed by atoms with E-state index in [1.165, 1.54) is 87.6 Å². The number of nitriles is 1. The van der Waals surface area contributed by atoms with Gasteiger partial charge >= 0.3 is 23.9 Å². The summed E-state index contributed by atoms with van der Waals surface area (Å²) in [7, 11) is 0. The van der Waals surface area contributed by atoms with E-state index in [0.29, 0.717) is 0 Å². The van der Waals surface area contributed by atoms with E-state index in [1.54, 1.807) is 0 Å². The van der Waals surface area contributed by atoms with Crippen molar-refractivity contribution in [3.8, 4) is 17.2 Å². The van der Waals surface area contributed by atoms with Gasteiger partial charge in [0, 0.05) is 29.4 Å². The molecule has 1 unspecified atom stereocenters. The summed E-state index contributed by atoms with van der Waals surface area (Å²) in [5.74, 6) is -8.63. The van der Waals surface area contributed by atoms with Crippen LogP contribution < -0.4 is 11.1 Å². The summed E-state index contributed by atoms with van der Waals surface area (Å²) in [6, 6.07) is 11.6. The second kappa shape index (κ2) is 11.3. The summed E-state index contributed by atoms with van der Waals surface area (Å²) >= 11 is 2.50. The van der Waals surface area contributed by atoms with Crippen LogP contribution in [-0.4, -0.2) is 30.1 Å². The van der Waals surface area contributed by atoms with Crippen LogP contribution in [0, 0.1) is 18.5 Å². The average molecular weight is 811 g/mol.